The molecular weight excluding hydrogens is 332 g/mol. The van der Waals surface area contributed by atoms with Crippen molar-refractivity contribution in [2.45, 2.75) is 16.6 Å². The molecule has 1 unspecified atom stereocenters. The molecule has 0 radical (unpaired) electrons. The highest BCUT2D eigenvalue weighted by Gasteiger charge is 2.19. The minimum atomic E-state index is -0.129. The summed E-state index contributed by atoms with van der Waals surface area (Å²) in [5, 5.41) is -0.129. The monoisotopic (exact) mass is 346 g/mol. The van der Waals surface area contributed by atoms with Crippen LogP contribution < -0.4 is 0 Å². The zero-order valence-electron chi connectivity index (χ0n) is 11.0. The van der Waals surface area contributed by atoms with Crippen molar-refractivity contribution in [3.8, 4) is 0 Å². The molecule has 0 aliphatic rings. The molecule has 2 aromatic carbocycles. The lowest BCUT2D eigenvalue weighted by Crippen LogP contribution is -2.16. The van der Waals surface area contributed by atoms with Crippen molar-refractivity contribution >= 4 is 33.5 Å². The van der Waals surface area contributed by atoms with E-state index in [0.29, 0.717) is 6.42 Å². The first-order chi connectivity index (χ1) is 9.70. The number of Topliss-reactive ketones (excluding diaryl/α,β-unsaturated/α-hetero) is 1. The third-order valence-electron chi connectivity index (χ3n) is 2.82. The van der Waals surface area contributed by atoms with Crippen LogP contribution in [0.2, 0.25) is 0 Å². The Morgan fingerprint density at radius 1 is 1.15 bits per heavy atom. The summed E-state index contributed by atoms with van der Waals surface area (Å²) >= 11 is 5.00. The second kappa shape index (κ2) is 7.46. The Labute approximate surface area is 132 Å². The highest BCUT2D eigenvalue weighted by molar-refractivity contribution is 9.10. The third-order valence-corrected chi connectivity index (χ3v) is 4.59. The van der Waals surface area contributed by atoms with E-state index in [9.17, 15) is 4.79 Å². The summed E-state index contributed by atoms with van der Waals surface area (Å²) < 4.78 is 1.04. The van der Waals surface area contributed by atoms with Crippen LogP contribution in [-0.4, -0.2) is 11.0 Å². The molecule has 0 heterocycles. The predicted octanol–water partition coefficient (Wildman–Crippen LogP) is 5.37. The quantitative estimate of drug-likeness (QED) is 0.397. The maximum Gasteiger partial charge on any atom is 0.176 e. The van der Waals surface area contributed by atoms with Gasteiger partial charge in [0.05, 0.1) is 5.25 Å². The zero-order chi connectivity index (χ0) is 14.4. The molecule has 2 aromatic rings. The number of carbonyl (C=O) groups excluding carboxylic acids is 1. The van der Waals surface area contributed by atoms with Gasteiger partial charge in [0.1, 0.15) is 0 Å². The Bertz CT molecular complexity index is 578. The van der Waals surface area contributed by atoms with Gasteiger partial charge in [0.2, 0.25) is 0 Å². The largest absolute Gasteiger partial charge is 0.293 e. The molecule has 0 fully saturated rings. The number of carbonyl (C=O) groups is 1. The van der Waals surface area contributed by atoms with Gasteiger partial charge in [0.25, 0.3) is 0 Å². The van der Waals surface area contributed by atoms with E-state index in [2.05, 4.69) is 22.5 Å². The molecule has 0 bridgehead atoms. The van der Waals surface area contributed by atoms with Crippen LogP contribution in [0.15, 0.2) is 76.6 Å². The molecule has 0 aliphatic carbocycles. The van der Waals surface area contributed by atoms with Gasteiger partial charge in [-0.3, -0.25) is 4.79 Å². The topological polar surface area (TPSA) is 17.1 Å². The first-order valence-corrected chi connectivity index (χ1v) is 8.00. The van der Waals surface area contributed by atoms with Crippen LogP contribution in [0, 0.1) is 0 Å². The van der Waals surface area contributed by atoms with Crippen molar-refractivity contribution in [1.82, 2.24) is 0 Å². The molecule has 20 heavy (non-hydrogen) atoms. The predicted molar refractivity (Wildman–Crippen MR) is 89.4 cm³/mol. The van der Waals surface area contributed by atoms with E-state index in [0.717, 1.165) is 14.9 Å². The van der Waals surface area contributed by atoms with Crippen molar-refractivity contribution in [3.05, 3.63) is 77.3 Å². The van der Waals surface area contributed by atoms with Gasteiger partial charge in [-0.05, 0) is 30.7 Å². The minimum absolute atomic E-state index is 0.129. The average Bonchev–Trinajstić information content (AvgIpc) is 2.49. The number of hydrogen-bond donors (Lipinski definition) is 0. The van der Waals surface area contributed by atoms with Gasteiger partial charge in [-0.15, -0.1) is 18.3 Å². The summed E-state index contributed by atoms with van der Waals surface area (Å²) in [6.07, 6.45) is 2.46. The van der Waals surface area contributed by atoms with Gasteiger partial charge < -0.3 is 0 Å². The molecule has 0 saturated heterocycles. The Morgan fingerprint density at radius 2 is 1.80 bits per heavy atom. The summed E-state index contributed by atoms with van der Waals surface area (Å²) in [5.41, 5.74) is 0.754. The molecule has 0 aromatic heterocycles. The van der Waals surface area contributed by atoms with Crippen LogP contribution in [0.25, 0.3) is 0 Å². The second-order valence-electron chi connectivity index (χ2n) is 4.32. The SMILES string of the molecule is C=CCC(Sc1ccc(Br)cc1)C(=O)c1ccccc1. The van der Waals surface area contributed by atoms with Crippen LogP contribution in [0.4, 0.5) is 0 Å². The highest BCUT2D eigenvalue weighted by atomic mass is 79.9. The van der Waals surface area contributed by atoms with Crippen LogP contribution in [0.5, 0.6) is 0 Å². The summed E-state index contributed by atoms with van der Waals surface area (Å²) in [6, 6.07) is 17.4. The van der Waals surface area contributed by atoms with E-state index >= 15 is 0 Å². The van der Waals surface area contributed by atoms with Crippen molar-refractivity contribution in [2.75, 3.05) is 0 Å². The van der Waals surface area contributed by atoms with E-state index in [4.69, 9.17) is 0 Å². The van der Waals surface area contributed by atoms with Gasteiger partial charge >= 0.3 is 0 Å². The lowest BCUT2D eigenvalue weighted by molar-refractivity contribution is 0.0990. The number of allylic oxidation sites excluding steroid dienone is 1. The fourth-order valence-electron chi connectivity index (χ4n) is 1.83. The van der Waals surface area contributed by atoms with E-state index in [1.54, 1.807) is 17.8 Å². The molecule has 3 heteroatoms. The molecule has 0 aliphatic heterocycles. The van der Waals surface area contributed by atoms with Crippen molar-refractivity contribution < 1.29 is 4.79 Å². The summed E-state index contributed by atoms with van der Waals surface area (Å²) in [6.45, 7) is 3.76. The van der Waals surface area contributed by atoms with E-state index in [-0.39, 0.29) is 11.0 Å². The third kappa shape index (κ3) is 4.09. The van der Waals surface area contributed by atoms with Gasteiger partial charge in [-0.25, -0.2) is 0 Å². The fraction of sp³-hybridized carbons (Fsp3) is 0.118. The summed E-state index contributed by atoms with van der Waals surface area (Å²) in [7, 11) is 0. The Balaban J connectivity index is 2.16. The number of benzene rings is 2. The molecule has 0 amide bonds. The molecule has 1 atom stereocenters. The first kappa shape index (κ1) is 15.1. The normalized spacial score (nSPS) is 11.8. The second-order valence-corrected chi connectivity index (χ2v) is 6.51. The average molecular weight is 347 g/mol. The molecule has 1 nitrogen and oxygen atoms in total. The standard InChI is InChI=1S/C17H15BrOS/c1-2-6-16(17(19)13-7-4-3-5-8-13)20-15-11-9-14(18)10-12-15/h2-5,7-12,16H,1,6H2. The van der Waals surface area contributed by atoms with Crippen LogP contribution in [0.3, 0.4) is 0 Å². The smallest absolute Gasteiger partial charge is 0.176 e. The molecular formula is C17H15BrOS. The number of ketones is 1. The maximum atomic E-state index is 12.5. The van der Waals surface area contributed by atoms with Gasteiger partial charge in [-0.2, -0.15) is 0 Å². The van der Waals surface area contributed by atoms with Crippen molar-refractivity contribution in [2.24, 2.45) is 0 Å². The van der Waals surface area contributed by atoms with Gasteiger partial charge in [-0.1, -0.05) is 52.3 Å². The number of rotatable bonds is 6. The lowest BCUT2D eigenvalue weighted by Gasteiger charge is -2.14. The van der Waals surface area contributed by atoms with Crippen LogP contribution >= 0.6 is 27.7 Å². The molecule has 2 rings (SSSR count). The highest BCUT2D eigenvalue weighted by Crippen LogP contribution is 2.29. The molecule has 0 spiro atoms. The van der Waals surface area contributed by atoms with Crippen molar-refractivity contribution in [1.29, 1.82) is 0 Å². The molecule has 0 saturated carbocycles. The lowest BCUT2D eigenvalue weighted by atomic mass is 10.1. The fourth-order valence-corrected chi connectivity index (χ4v) is 3.19. The van der Waals surface area contributed by atoms with E-state index in [1.807, 2.05) is 54.6 Å². The van der Waals surface area contributed by atoms with E-state index < -0.39 is 0 Å². The van der Waals surface area contributed by atoms with Crippen molar-refractivity contribution in [3.63, 3.8) is 0 Å². The Morgan fingerprint density at radius 3 is 2.40 bits per heavy atom. The van der Waals surface area contributed by atoms with Crippen LogP contribution in [0.1, 0.15) is 16.8 Å². The minimum Gasteiger partial charge on any atom is -0.293 e. The Kier molecular flexibility index (Phi) is 5.62. The van der Waals surface area contributed by atoms with Gasteiger partial charge in [0.15, 0.2) is 5.78 Å². The zero-order valence-corrected chi connectivity index (χ0v) is 13.4. The number of halogens is 1. The van der Waals surface area contributed by atoms with Gasteiger partial charge in [0, 0.05) is 14.9 Å². The molecule has 102 valence electrons. The summed E-state index contributed by atoms with van der Waals surface area (Å²) in [4.78, 5) is 13.6. The Hall–Kier alpha value is -1.32. The van der Waals surface area contributed by atoms with E-state index in [1.165, 1.54) is 0 Å². The number of thioether (sulfide) groups is 1. The molecule has 0 N–H and O–H groups in total. The number of hydrogen-bond acceptors (Lipinski definition) is 2. The first-order valence-electron chi connectivity index (χ1n) is 6.33. The maximum absolute atomic E-state index is 12.5. The summed E-state index contributed by atoms with van der Waals surface area (Å²) in [5.74, 6) is 0.151. The van der Waals surface area contributed by atoms with Crippen LogP contribution in [-0.2, 0) is 0 Å².